The van der Waals surface area contributed by atoms with Crippen LogP contribution in [0.15, 0.2) is 22.7 Å². The molecule has 94 valence electrons. The van der Waals surface area contributed by atoms with E-state index in [9.17, 15) is 9.90 Å². The number of nitrogens with zero attached hydrogens (tertiary/aromatic N) is 1. The highest BCUT2D eigenvalue weighted by Gasteiger charge is 2.14. The Labute approximate surface area is 111 Å². The van der Waals surface area contributed by atoms with Crippen LogP contribution in [0.4, 0.5) is 0 Å². The van der Waals surface area contributed by atoms with Crippen molar-refractivity contribution in [3.8, 4) is 5.75 Å². The summed E-state index contributed by atoms with van der Waals surface area (Å²) in [6.45, 7) is 5.52. The van der Waals surface area contributed by atoms with Gasteiger partial charge in [0.25, 0.3) is 5.91 Å². The van der Waals surface area contributed by atoms with E-state index in [2.05, 4.69) is 22.9 Å². The molecule has 1 N–H and O–H groups in total. The standard InChI is InChI=1S/C13H18BrNO2/c1-3-5-8-15(4-2)13(17)10-6-7-11(14)12(16)9-10/h6-7,9,16H,3-5,8H2,1-2H3. The van der Waals surface area contributed by atoms with Crippen LogP contribution in [0.5, 0.6) is 5.75 Å². The van der Waals surface area contributed by atoms with Gasteiger partial charge in [-0.3, -0.25) is 4.79 Å². The zero-order valence-corrected chi connectivity index (χ0v) is 11.8. The fourth-order valence-corrected chi connectivity index (χ4v) is 1.83. The van der Waals surface area contributed by atoms with Gasteiger partial charge in [0.2, 0.25) is 0 Å². The Hall–Kier alpha value is -1.03. The predicted molar refractivity (Wildman–Crippen MR) is 72.3 cm³/mol. The van der Waals surface area contributed by atoms with Crippen LogP contribution in [0.3, 0.4) is 0 Å². The van der Waals surface area contributed by atoms with Gasteiger partial charge < -0.3 is 10.0 Å². The fourth-order valence-electron chi connectivity index (χ4n) is 1.58. The molecular weight excluding hydrogens is 282 g/mol. The van der Waals surface area contributed by atoms with Crippen molar-refractivity contribution in [2.45, 2.75) is 26.7 Å². The van der Waals surface area contributed by atoms with Gasteiger partial charge in [-0.05, 0) is 47.5 Å². The van der Waals surface area contributed by atoms with E-state index in [1.807, 2.05) is 6.92 Å². The molecule has 1 amide bonds. The molecule has 0 saturated heterocycles. The van der Waals surface area contributed by atoms with Gasteiger partial charge in [-0.25, -0.2) is 0 Å². The fraction of sp³-hybridized carbons (Fsp3) is 0.462. The highest BCUT2D eigenvalue weighted by Crippen LogP contribution is 2.24. The van der Waals surface area contributed by atoms with Crippen LogP contribution in [-0.4, -0.2) is 29.0 Å². The smallest absolute Gasteiger partial charge is 0.253 e. The molecule has 0 aliphatic rings. The van der Waals surface area contributed by atoms with Crippen molar-refractivity contribution < 1.29 is 9.90 Å². The molecule has 4 heteroatoms. The second-order valence-electron chi connectivity index (χ2n) is 3.90. The molecule has 1 rings (SSSR count). The number of amides is 1. The van der Waals surface area contributed by atoms with Gasteiger partial charge in [0.05, 0.1) is 4.47 Å². The maximum Gasteiger partial charge on any atom is 0.253 e. The van der Waals surface area contributed by atoms with Crippen molar-refractivity contribution >= 4 is 21.8 Å². The number of hydrogen-bond donors (Lipinski definition) is 1. The lowest BCUT2D eigenvalue weighted by Crippen LogP contribution is -2.31. The van der Waals surface area contributed by atoms with Crippen molar-refractivity contribution in [3.63, 3.8) is 0 Å². The topological polar surface area (TPSA) is 40.5 Å². The summed E-state index contributed by atoms with van der Waals surface area (Å²) in [6.07, 6.45) is 2.07. The van der Waals surface area contributed by atoms with Crippen LogP contribution in [0.2, 0.25) is 0 Å². The van der Waals surface area contributed by atoms with Crippen LogP contribution < -0.4 is 0 Å². The molecule has 1 aromatic carbocycles. The van der Waals surface area contributed by atoms with Crippen molar-refractivity contribution in [1.82, 2.24) is 4.90 Å². The zero-order valence-electron chi connectivity index (χ0n) is 10.2. The van der Waals surface area contributed by atoms with Gasteiger partial charge in [0.15, 0.2) is 0 Å². The van der Waals surface area contributed by atoms with Crippen molar-refractivity contribution in [3.05, 3.63) is 28.2 Å². The molecule has 0 atom stereocenters. The second-order valence-corrected chi connectivity index (χ2v) is 4.76. The Morgan fingerprint density at radius 1 is 1.41 bits per heavy atom. The Bertz CT molecular complexity index is 393. The average molecular weight is 300 g/mol. The number of aromatic hydroxyl groups is 1. The summed E-state index contributed by atoms with van der Waals surface area (Å²) >= 11 is 3.20. The first-order chi connectivity index (χ1) is 8.10. The summed E-state index contributed by atoms with van der Waals surface area (Å²) in [5, 5.41) is 9.56. The minimum absolute atomic E-state index is 0.0243. The Kier molecular flexibility index (Phi) is 5.48. The number of carbonyl (C=O) groups is 1. The molecule has 0 aliphatic heterocycles. The van der Waals surface area contributed by atoms with Crippen molar-refractivity contribution in [1.29, 1.82) is 0 Å². The summed E-state index contributed by atoms with van der Waals surface area (Å²) in [5.74, 6) is 0.0751. The van der Waals surface area contributed by atoms with E-state index in [-0.39, 0.29) is 11.7 Å². The number of rotatable bonds is 5. The third-order valence-electron chi connectivity index (χ3n) is 2.64. The zero-order chi connectivity index (χ0) is 12.8. The largest absolute Gasteiger partial charge is 0.507 e. The Morgan fingerprint density at radius 3 is 2.65 bits per heavy atom. The second kappa shape index (κ2) is 6.64. The molecule has 0 aliphatic carbocycles. The number of phenols is 1. The van der Waals surface area contributed by atoms with Gasteiger partial charge >= 0.3 is 0 Å². The number of carbonyl (C=O) groups excluding carboxylic acids is 1. The lowest BCUT2D eigenvalue weighted by molar-refractivity contribution is 0.0762. The number of benzene rings is 1. The van der Waals surface area contributed by atoms with Crippen LogP contribution in [0, 0.1) is 0 Å². The van der Waals surface area contributed by atoms with E-state index in [4.69, 9.17) is 0 Å². The SMILES string of the molecule is CCCCN(CC)C(=O)c1ccc(Br)c(O)c1. The number of phenolic OH excluding ortho intramolecular Hbond substituents is 1. The first kappa shape index (κ1) is 14.0. The minimum atomic E-state index is -0.0243. The molecule has 17 heavy (non-hydrogen) atoms. The highest BCUT2D eigenvalue weighted by molar-refractivity contribution is 9.10. The third-order valence-corrected chi connectivity index (χ3v) is 3.31. The lowest BCUT2D eigenvalue weighted by atomic mass is 10.2. The lowest BCUT2D eigenvalue weighted by Gasteiger charge is -2.20. The summed E-state index contributed by atoms with van der Waals surface area (Å²) in [7, 11) is 0. The monoisotopic (exact) mass is 299 g/mol. The molecule has 0 saturated carbocycles. The molecule has 0 bridgehead atoms. The van der Waals surface area contributed by atoms with E-state index < -0.39 is 0 Å². The number of unbranched alkanes of at least 4 members (excludes halogenated alkanes) is 1. The molecule has 0 fully saturated rings. The van der Waals surface area contributed by atoms with E-state index in [1.54, 1.807) is 17.0 Å². The van der Waals surface area contributed by atoms with E-state index in [1.165, 1.54) is 6.07 Å². The summed E-state index contributed by atoms with van der Waals surface area (Å²) in [5.41, 5.74) is 0.531. The molecule has 0 aromatic heterocycles. The van der Waals surface area contributed by atoms with Crippen LogP contribution in [0.1, 0.15) is 37.0 Å². The van der Waals surface area contributed by atoms with E-state index in [0.717, 1.165) is 19.4 Å². The average Bonchev–Trinajstić information content (AvgIpc) is 2.33. The molecule has 0 spiro atoms. The highest BCUT2D eigenvalue weighted by atomic mass is 79.9. The van der Waals surface area contributed by atoms with E-state index >= 15 is 0 Å². The van der Waals surface area contributed by atoms with Gasteiger partial charge in [-0.15, -0.1) is 0 Å². The molecule has 0 heterocycles. The van der Waals surface area contributed by atoms with Crippen molar-refractivity contribution in [2.24, 2.45) is 0 Å². The molecular formula is C13H18BrNO2. The van der Waals surface area contributed by atoms with Gasteiger partial charge in [0, 0.05) is 18.7 Å². The van der Waals surface area contributed by atoms with Crippen molar-refractivity contribution in [2.75, 3.05) is 13.1 Å². The molecule has 0 radical (unpaired) electrons. The Balaban J connectivity index is 2.82. The van der Waals surface area contributed by atoms with Crippen LogP contribution >= 0.6 is 15.9 Å². The minimum Gasteiger partial charge on any atom is -0.507 e. The molecule has 0 unspecified atom stereocenters. The predicted octanol–water partition coefficient (Wildman–Crippen LogP) is 3.42. The molecule has 3 nitrogen and oxygen atoms in total. The summed E-state index contributed by atoms with van der Waals surface area (Å²) in [6, 6.07) is 4.91. The van der Waals surface area contributed by atoms with Crippen LogP contribution in [-0.2, 0) is 0 Å². The summed E-state index contributed by atoms with van der Waals surface area (Å²) < 4.78 is 0.602. The maximum absolute atomic E-state index is 12.1. The van der Waals surface area contributed by atoms with Gasteiger partial charge in [-0.2, -0.15) is 0 Å². The third kappa shape index (κ3) is 3.73. The first-order valence-electron chi connectivity index (χ1n) is 5.88. The van der Waals surface area contributed by atoms with Gasteiger partial charge in [0.1, 0.15) is 5.75 Å². The normalized spacial score (nSPS) is 10.3. The van der Waals surface area contributed by atoms with E-state index in [0.29, 0.717) is 16.6 Å². The number of halogens is 1. The quantitative estimate of drug-likeness (QED) is 0.905. The summed E-state index contributed by atoms with van der Waals surface area (Å²) in [4.78, 5) is 13.9. The van der Waals surface area contributed by atoms with Gasteiger partial charge in [-0.1, -0.05) is 13.3 Å². The molecule has 1 aromatic rings. The van der Waals surface area contributed by atoms with Crippen LogP contribution in [0.25, 0.3) is 0 Å². The number of hydrogen-bond acceptors (Lipinski definition) is 2. The maximum atomic E-state index is 12.1. The Morgan fingerprint density at radius 2 is 2.12 bits per heavy atom. The first-order valence-corrected chi connectivity index (χ1v) is 6.67.